The number of benzene rings is 1. The molecule has 6 nitrogen and oxygen atoms in total. The molecule has 2 heterocycles. The zero-order chi connectivity index (χ0) is 17.6. The van der Waals surface area contributed by atoms with Crippen LogP contribution in [0, 0.1) is 0 Å². The van der Waals surface area contributed by atoms with Crippen LogP contribution in [0.2, 0.25) is 0 Å². The fourth-order valence-electron chi connectivity index (χ4n) is 2.48. The molecule has 1 aromatic carbocycles. The van der Waals surface area contributed by atoms with Gasteiger partial charge in [-0.1, -0.05) is 12.1 Å². The number of rotatable bonds is 8. The molecule has 3 aromatic rings. The summed E-state index contributed by atoms with van der Waals surface area (Å²) in [6.45, 7) is 3.90. The van der Waals surface area contributed by atoms with E-state index in [2.05, 4.69) is 10.3 Å². The smallest absolute Gasteiger partial charge is 0.269 e. The van der Waals surface area contributed by atoms with Gasteiger partial charge in [0.2, 0.25) is 0 Å². The molecule has 0 aliphatic carbocycles. The molecule has 0 saturated heterocycles. The van der Waals surface area contributed by atoms with Gasteiger partial charge in [0.1, 0.15) is 11.4 Å². The summed E-state index contributed by atoms with van der Waals surface area (Å²) in [5, 5.41) is 4.75. The first-order valence-electron chi connectivity index (χ1n) is 8.20. The van der Waals surface area contributed by atoms with Crippen molar-refractivity contribution in [3.05, 3.63) is 41.5 Å². The molecule has 0 spiro atoms. The van der Waals surface area contributed by atoms with Crippen molar-refractivity contribution in [2.45, 2.75) is 13.3 Å². The number of carbonyl (C=O) groups excluding carboxylic acids is 1. The number of imidazole rings is 1. The minimum absolute atomic E-state index is 0.0997. The molecule has 0 unspecified atom stereocenters. The van der Waals surface area contributed by atoms with Gasteiger partial charge in [0.25, 0.3) is 5.91 Å². The molecule has 25 heavy (non-hydrogen) atoms. The van der Waals surface area contributed by atoms with Gasteiger partial charge in [-0.15, -0.1) is 11.3 Å². The molecular formula is C18H21N3O3S. The van der Waals surface area contributed by atoms with Crippen LogP contribution in [0.15, 0.2) is 35.8 Å². The van der Waals surface area contributed by atoms with E-state index in [1.54, 1.807) is 7.11 Å². The highest BCUT2D eigenvalue weighted by Gasteiger charge is 2.15. The van der Waals surface area contributed by atoms with Gasteiger partial charge in [-0.2, -0.15) is 0 Å². The predicted octanol–water partition coefficient (Wildman–Crippen LogP) is 3.23. The summed E-state index contributed by atoms with van der Waals surface area (Å²) in [5.74, 6) is 0.679. The van der Waals surface area contributed by atoms with Gasteiger partial charge in [-0.05, 0) is 25.5 Å². The van der Waals surface area contributed by atoms with Crippen molar-refractivity contribution < 1.29 is 14.3 Å². The van der Waals surface area contributed by atoms with Crippen LogP contribution in [0.4, 0.5) is 0 Å². The fourth-order valence-corrected chi connectivity index (χ4v) is 3.33. The molecule has 0 bridgehead atoms. The number of thiazole rings is 1. The molecule has 0 aliphatic rings. The van der Waals surface area contributed by atoms with Gasteiger partial charge in [-0.25, -0.2) is 4.98 Å². The number of hydrogen-bond donors (Lipinski definition) is 1. The first kappa shape index (κ1) is 17.4. The summed E-state index contributed by atoms with van der Waals surface area (Å²) in [6, 6.07) is 7.72. The lowest BCUT2D eigenvalue weighted by atomic mass is 10.1. The van der Waals surface area contributed by atoms with Crippen molar-refractivity contribution in [1.82, 2.24) is 14.7 Å². The van der Waals surface area contributed by atoms with E-state index in [1.165, 1.54) is 11.3 Å². The van der Waals surface area contributed by atoms with Crippen LogP contribution < -0.4 is 10.1 Å². The summed E-state index contributed by atoms with van der Waals surface area (Å²) >= 11 is 1.45. The standard InChI is InChI=1S/C18H21N3O3S/c1-3-24-9-5-8-19-17(22)16-12-25-18-20-15(11-21(16)18)13-6-4-7-14(10-13)23-2/h4,6-7,10-12H,3,5,8-9H2,1-2H3,(H,19,22). The van der Waals surface area contributed by atoms with Gasteiger partial charge in [0.05, 0.1) is 12.8 Å². The SMILES string of the molecule is CCOCCCNC(=O)c1csc2nc(-c3cccc(OC)c3)cn12. The van der Waals surface area contributed by atoms with Crippen molar-refractivity contribution in [2.24, 2.45) is 0 Å². The van der Waals surface area contributed by atoms with Gasteiger partial charge < -0.3 is 14.8 Å². The Hall–Kier alpha value is -2.38. The molecule has 3 rings (SSSR count). The quantitative estimate of drug-likeness (QED) is 0.627. The zero-order valence-electron chi connectivity index (χ0n) is 14.3. The molecular weight excluding hydrogens is 338 g/mol. The first-order chi connectivity index (χ1) is 12.2. The third-order valence-corrected chi connectivity index (χ3v) is 4.60. The topological polar surface area (TPSA) is 64.9 Å². The lowest BCUT2D eigenvalue weighted by Gasteiger charge is -2.04. The Labute approximate surface area is 150 Å². The first-order valence-corrected chi connectivity index (χ1v) is 9.08. The van der Waals surface area contributed by atoms with Crippen molar-refractivity contribution in [3.8, 4) is 17.0 Å². The molecule has 0 atom stereocenters. The Morgan fingerprint density at radius 2 is 2.28 bits per heavy atom. The average Bonchev–Trinajstić information content (AvgIpc) is 3.22. The zero-order valence-corrected chi connectivity index (χ0v) is 15.1. The lowest BCUT2D eigenvalue weighted by molar-refractivity contribution is 0.0938. The number of hydrogen-bond acceptors (Lipinski definition) is 5. The Balaban J connectivity index is 1.75. The maximum Gasteiger partial charge on any atom is 0.269 e. The highest BCUT2D eigenvalue weighted by molar-refractivity contribution is 7.15. The number of amides is 1. The Morgan fingerprint density at radius 3 is 3.08 bits per heavy atom. The van der Waals surface area contributed by atoms with E-state index in [9.17, 15) is 4.79 Å². The van der Waals surface area contributed by atoms with Crippen LogP contribution in [0.3, 0.4) is 0 Å². The third kappa shape index (κ3) is 4.00. The molecule has 0 saturated carbocycles. The van der Waals surface area contributed by atoms with E-state index in [1.807, 2.05) is 47.2 Å². The fraction of sp³-hybridized carbons (Fsp3) is 0.333. The van der Waals surface area contributed by atoms with E-state index >= 15 is 0 Å². The molecule has 0 aliphatic heterocycles. The molecule has 1 amide bonds. The van der Waals surface area contributed by atoms with E-state index in [-0.39, 0.29) is 5.91 Å². The highest BCUT2D eigenvalue weighted by atomic mass is 32.1. The maximum atomic E-state index is 12.4. The van der Waals surface area contributed by atoms with Gasteiger partial charge >= 0.3 is 0 Å². The minimum Gasteiger partial charge on any atom is -0.497 e. The van der Waals surface area contributed by atoms with E-state index in [0.29, 0.717) is 25.5 Å². The second kappa shape index (κ2) is 8.13. The average molecular weight is 359 g/mol. The Bertz CT molecular complexity index is 856. The molecule has 132 valence electrons. The predicted molar refractivity (Wildman–Crippen MR) is 98.5 cm³/mol. The minimum atomic E-state index is -0.0997. The summed E-state index contributed by atoms with van der Waals surface area (Å²) in [6.07, 6.45) is 2.68. The second-order valence-electron chi connectivity index (χ2n) is 5.44. The number of carbonyl (C=O) groups is 1. The number of fused-ring (bicyclic) bond motifs is 1. The van der Waals surface area contributed by atoms with Gasteiger partial charge in [0, 0.05) is 36.9 Å². The second-order valence-corrected chi connectivity index (χ2v) is 6.27. The van der Waals surface area contributed by atoms with Crippen LogP contribution in [0.1, 0.15) is 23.8 Å². The van der Waals surface area contributed by atoms with E-state index < -0.39 is 0 Å². The normalized spacial score (nSPS) is 11.0. The van der Waals surface area contributed by atoms with Gasteiger partial charge in [0.15, 0.2) is 4.96 Å². The largest absolute Gasteiger partial charge is 0.497 e. The van der Waals surface area contributed by atoms with Crippen molar-refractivity contribution in [3.63, 3.8) is 0 Å². The van der Waals surface area contributed by atoms with Crippen molar-refractivity contribution in [1.29, 1.82) is 0 Å². The summed E-state index contributed by atoms with van der Waals surface area (Å²) in [7, 11) is 1.64. The third-order valence-electron chi connectivity index (χ3n) is 3.76. The van der Waals surface area contributed by atoms with Crippen LogP contribution in [0.25, 0.3) is 16.2 Å². The molecule has 0 fully saturated rings. The van der Waals surface area contributed by atoms with Crippen LogP contribution >= 0.6 is 11.3 Å². The molecule has 7 heteroatoms. The number of nitrogens with zero attached hydrogens (tertiary/aromatic N) is 2. The Kier molecular flexibility index (Phi) is 5.67. The van der Waals surface area contributed by atoms with Crippen molar-refractivity contribution in [2.75, 3.05) is 26.9 Å². The molecule has 1 N–H and O–H groups in total. The summed E-state index contributed by atoms with van der Waals surface area (Å²) < 4.78 is 12.4. The van der Waals surface area contributed by atoms with Crippen molar-refractivity contribution >= 4 is 22.2 Å². The monoisotopic (exact) mass is 359 g/mol. The van der Waals surface area contributed by atoms with Crippen LogP contribution in [-0.2, 0) is 4.74 Å². The van der Waals surface area contributed by atoms with Gasteiger partial charge in [-0.3, -0.25) is 9.20 Å². The summed E-state index contributed by atoms with van der Waals surface area (Å²) in [4.78, 5) is 17.8. The number of nitrogens with one attached hydrogen (secondary N) is 1. The maximum absolute atomic E-state index is 12.4. The Morgan fingerprint density at radius 1 is 1.40 bits per heavy atom. The molecule has 0 radical (unpaired) electrons. The number of ether oxygens (including phenoxy) is 2. The van der Waals surface area contributed by atoms with E-state index in [4.69, 9.17) is 9.47 Å². The highest BCUT2D eigenvalue weighted by Crippen LogP contribution is 2.26. The van der Waals surface area contributed by atoms with Crippen LogP contribution in [-0.4, -0.2) is 42.2 Å². The number of methoxy groups -OCH3 is 1. The number of aromatic nitrogens is 2. The summed E-state index contributed by atoms with van der Waals surface area (Å²) in [5.41, 5.74) is 2.37. The lowest BCUT2D eigenvalue weighted by Crippen LogP contribution is -2.26. The molecule has 2 aromatic heterocycles. The van der Waals surface area contributed by atoms with E-state index in [0.717, 1.165) is 28.4 Å². The van der Waals surface area contributed by atoms with Crippen LogP contribution in [0.5, 0.6) is 5.75 Å².